The Morgan fingerprint density at radius 2 is 1.80 bits per heavy atom. The molecule has 2 fully saturated rings. The van der Waals surface area contributed by atoms with E-state index in [1.807, 2.05) is 25.7 Å². The number of nitrogens with one attached hydrogen (secondary N) is 1. The van der Waals surface area contributed by atoms with Gasteiger partial charge < -0.3 is 10.2 Å². The van der Waals surface area contributed by atoms with Crippen LogP contribution in [0, 0.1) is 11.3 Å². The first-order chi connectivity index (χ1) is 9.17. The Balaban J connectivity index is 2.36. The van der Waals surface area contributed by atoms with Gasteiger partial charge in [-0.05, 0) is 24.2 Å². The fraction of sp³-hybridized carbons (Fsp3) is 0.875. The fourth-order valence-corrected chi connectivity index (χ4v) is 3.65. The number of rotatable bonds is 2. The summed E-state index contributed by atoms with van der Waals surface area (Å²) in [5, 5.41) is 3.07. The maximum absolute atomic E-state index is 13.0. The topological polar surface area (TPSA) is 49.4 Å². The molecule has 1 saturated carbocycles. The molecule has 0 bridgehead atoms. The Kier molecular flexibility index (Phi) is 3.87. The molecule has 1 heterocycles. The quantitative estimate of drug-likeness (QED) is 0.844. The minimum atomic E-state index is -0.603. The zero-order valence-electron chi connectivity index (χ0n) is 13.5. The van der Waals surface area contributed by atoms with E-state index in [1.54, 1.807) is 0 Å². The first kappa shape index (κ1) is 15.3. The highest BCUT2D eigenvalue weighted by atomic mass is 16.2. The molecule has 0 radical (unpaired) electrons. The minimum Gasteiger partial charge on any atom is -0.340 e. The molecule has 1 atom stereocenters. The van der Waals surface area contributed by atoms with Gasteiger partial charge in [-0.3, -0.25) is 9.59 Å². The van der Waals surface area contributed by atoms with Crippen molar-refractivity contribution in [2.24, 2.45) is 11.3 Å². The molecule has 1 aliphatic carbocycles. The molecule has 1 N–H and O–H groups in total. The van der Waals surface area contributed by atoms with Crippen LogP contribution in [0.5, 0.6) is 0 Å². The maximum atomic E-state index is 13.0. The highest BCUT2D eigenvalue weighted by Crippen LogP contribution is 2.38. The molecule has 1 saturated heterocycles. The number of hydrogen-bond acceptors (Lipinski definition) is 2. The minimum absolute atomic E-state index is 0.0275. The predicted molar refractivity (Wildman–Crippen MR) is 79.1 cm³/mol. The van der Waals surface area contributed by atoms with Gasteiger partial charge in [0.1, 0.15) is 11.6 Å². The van der Waals surface area contributed by atoms with E-state index in [9.17, 15) is 9.59 Å². The van der Waals surface area contributed by atoms with Crippen LogP contribution in [0.3, 0.4) is 0 Å². The van der Waals surface area contributed by atoms with Crippen molar-refractivity contribution >= 4 is 11.8 Å². The standard InChI is InChI=1S/C16H28N2O2/c1-11(2)10-18-12(15(3,4)5)13(19)17-16(14(18)20)8-6-7-9-16/h11-12H,6-10H2,1-5H3,(H,17,19). The molecule has 1 spiro atoms. The van der Waals surface area contributed by atoms with E-state index in [1.165, 1.54) is 0 Å². The second kappa shape index (κ2) is 5.05. The van der Waals surface area contributed by atoms with Crippen molar-refractivity contribution in [2.75, 3.05) is 6.54 Å². The molecular weight excluding hydrogens is 252 g/mol. The number of amides is 2. The third-order valence-corrected chi connectivity index (χ3v) is 4.43. The van der Waals surface area contributed by atoms with Crippen LogP contribution in [0.4, 0.5) is 0 Å². The van der Waals surface area contributed by atoms with Crippen molar-refractivity contribution in [3.63, 3.8) is 0 Å². The molecular formula is C16H28N2O2. The molecule has 0 aromatic rings. The molecule has 4 heteroatoms. The lowest BCUT2D eigenvalue weighted by Crippen LogP contribution is -2.72. The van der Waals surface area contributed by atoms with Crippen LogP contribution in [0.1, 0.15) is 60.3 Å². The van der Waals surface area contributed by atoms with Crippen LogP contribution in [0.15, 0.2) is 0 Å². The van der Waals surface area contributed by atoms with Gasteiger partial charge in [-0.15, -0.1) is 0 Å². The van der Waals surface area contributed by atoms with Gasteiger partial charge in [0.15, 0.2) is 0 Å². The van der Waals surface area contributed by atoms with Gasteiger partial charge in [0.25, 0.3) is 0 Å². The van der Waals surface area contributed by atoms with Gasteiger partial charge >= 0.3 is 0 Å². The highest BCUT2D eigenvalue weighted by molar-refractivity contribution is 6.00. The average molecular weight is 280 g/mol. The van der Waals surface area contributed by atoms with Crippen LogP contribution in [0.2, 0.25) is 0 Å². The second-order valence-corrected chi connectivity index (χ2v) is 7.90. The zero-order chi connectivity index (χ0) is 15.1. The Bertz CT molecular complexity index is 403. The fourth-order valence-electron chi connectivity index (χ4n) is 3.65. The van der Waals surface area contributed by atoms with Gasteiger partial charge in [-0.2, -0.15) is 0 Å². The molecule has 0 aromatic heterocycles. The van der Waals surface area contributed by atoms with Crippen LogP contribution in [-0.4, -0.2) is 34.8 Å². The number of carbonyl (C=O) groups excluding carboxylic acids is 2. The monoisotopic (exact) mass is 280 g/mol. The molecule has 1 aliphatic heterocycles. The smallest absolute Gasteiger partial charge is 0.249 e. The summed E-state index contributed by atoms with van der Waals surface area (Å²) in [7, 11) is 0. The van der Waals surface area contributed by atoms with E-state index in [4.69, 9.17) is 0 Å². The number of piperazine rings is 1. The van der Waals surface area contributed by atoms with Gasteiger partial charge in [0.2, 0.25) is 11.8 Å². The van der Waals surface area contributed by atoms with E-state index >= 15 is 0 Å². The third-order valence-electron chi connectivity index (χ3n) is 4.43. The highest BCUT2D eigenvalue weighted by Gasteiger charge is 2.54. The Morgan fingerprint density at radius 3 is 2.25 bits per heavy atom. The molecule has 4 nitrogen and oxygen atoms in total. The summed E-state index contributed by atoms with van der Waals surface area (Å²) < 4.78 is 0. The van der Waals surface area contributed by atoms with Crippen molar-refractivity contribution in [3.8, 4) is 0 Å². The van der Waals surface area contributed by atoms with Crippen molar-refractivity contribution in [2.45, 2.75) is 71.9 Å². The van der Waals surface area contributed by atoms with Crippen LogP contribution < -0.4 is 5.32 Å². The van der Waals surface area contributed by atoms with E-state index < -0.39 is 5.54 Å². The molecule has 20 heavy (non-hydrogen) atoms. The first-order valence-electron chi connectivity index (χ1n) is 7.80. The van der Waals surface area contributed by atoms with E-state index in [-0.39, 0.29) is 23.3 Å². The van der Waals surface area contributed by atoms with Crippen molar-refractivity contribution in [1.82, 2.24) is 10.2 Å². The lowest BCUT2D eigenvalue weighted by Gasteiger charge is -2.49. The Hall–Kier alpha value is -1.06. The summed E-state index contributed by atoms with van der Waals surface area (Å²) >= 11 is 0. The Morgan fingerprint density at radius 1 is 1.25 bits per heavy atom. The molecule has 2 amide bonds. The average Bonchev–Trinajstić information content (AvgIpc) is 2.72. The number of carbonyl (C=O) groups is 2. The molecule has 1 unspecified atom stereocenters. The van der Waals surface area contributed by atoms with Crippen LogP contribution in [-0.2, 0) is 9.59 Å². The molecule has 0 aromatic carbocycles. The lowest BCUT2D eigenvalue weighted by molar-refractivity contribution is -0.160. The van der Waals surface area contributed by atoms with Crippen molar-refractivity contribution in [3.05, 3.63) is 0 Å². The normalized spacial score (nSPS) is 26.5. The molecule has 2 rings (SSSR count). The van der Waals surface area contributed by atoms with Crippen LogP contribution >= 0.6 is 0 Å². The Labute approximate surface area is 122 Å². The van der Waals surface area contributed by atoms with Gasteiger partial charge in [0, 0.05) is 6.54 Å². The van der Waals surface area contributed by atoms with E-state index in [2.05, 4.69) is 19.2 Å². The first-order valence-corrected chi connectivity index (χ1v) is 7.80. The van der Waals surface area contributed by atoms with Crippen LogP contribution in [0.25, 0.3) is 0 Å². The van der Waals surface area contributed by atoms with E-state index in [0.29, 0.717) is 12.5 Å². The lowest BCUT2D eigenvalue weighted by atomic mass is 9.79. The maximum Gasteiger partial charge on any atom is 0.249 e. The third kappa shape index (κ3) is 2.57. The van der Waals surface area contributed by atoms with Gasteiger partial charge in [-0.1, -0.05) is 47.5 Å². The molecule has 2 aliphatic rings. The molecule has 114 valence electrons. The van der Waals surface area contributed by atoms with Gasteiger partial charge in [-0.25, -0.2) is 0 Å². The summed E-state index contributed by atoms with van der Waals surface area (Å²) in [6.07, 6.45) is 3.65. The predicted octanol–water partition coefficient (Wildman–Crippen LogP) is 2.33. The van der Waals surface area contributed by atoms with Crippen molar-refractivity contribution in [1.29, 1.82) is 0 Å². The summed E-state index contributed by atoms with van der Waals surface area (Å²) in [6, 6.07) is -0.358. The summed E-state index contributed by atoms with van der Waals surface area (Å²) in [5.74, 6) is 0.538. The summed E-state index contributed by atoms with van der Waals surface area (Å²) in [4.78, 5) is 27.5. The van der Waals surface area contributed by atoms with Crippen molar-refractivity contribution < 1.29 is 9.59 Å². The number of nitrogens with zero attached hydrogens (tertiary/aromatic N) is 1. The largest absolute Gasteiger partial charge is 0.340 e. The zero-order valence-corrected chi connectivity index (χ0v) is 13.5. The summed E-state index contributed by atoms with van der Waals surface area (Å²) in [6.45, 7) is 11.0. The van der Waals surface area contributed by atoms with Gasteiger partial charge in [0.05, 0.1) is 0 Å². The van der Waals surface area contributed by atoms with E-state index in [0.717, 1.165) is 25.7 Å². The second-order valence-electron chi connectivity index (χ2n) is 7.90. The number of hydrogen-bond donors (Lipinski definition) is 1. The summed E-state index contributed by atoms with van der Waals surface area (Å²) in [5.41, 5.74) is -0.845. The SMILES string of the molecule is CC(C)CN1C(=O)C2(CCCC2)NC(=O)C1C(C)(C)C.